The highest BCUT2D eigenvalue weighted by Crippen LogP contribution is 2.15. The highest BCUT2D eigenvalue weighted by molar-refractivity contribution is 5.80. The molecular weight excluding hydrogens is 174 g/mol. The van der Waals surface area contributed by atoms with E-state index in [-0.39, 0.29) is 0 Å². The number of nitrogens with zero attached hydrogens (tertiary/aromatic N) is 3. The van der Waals surface area contributed by atoms with Crippen LogP contribution in [0.1, 0.15) is 5.56 Å². The maximum Gasteiger partial charge on any atom is 0.0895 e. The first-order valence-corrected chi connectivity index (χ1v) is 4.62. The largest absolute Gasteiger partial charge is 0.331 e. The normalized spacial score (nSPS) is 14.4. The molecule has 0 radical (unpaired) electrons. The SMILES string of the molecule is N#CCc1ccc(N2C=NCC2)cc1. The monoisotopic (exact) mass is 185 g/mol. The summed E-state index contributed by atoms with van der Waals surface area (Å²) in [6.07, 6.45) is 2.34. The van der Waals surface area contributed by atoms with E-state index >= 15 is 0 Å². The van der Waals surface area contributed by atoms with Gasteiger partial charge in [0.1, 0.15) is 0 Å². The fraction of sp³-hybridized carbons (Fsp3) is 0.273. The molecule has 2 rings (SSSR count). The number of hydrogen-bond acceptors (Lipinski definition) is 3. The van der Waals surface area contributed by atoms with E-state index in [1.807, 2.05) is 30.6 Å². The lowest BCUT2D eigenvalue weighted by atomic mass is 10.1. The summed E-state index contributed by atoms with van der Waals surface area (Å²) in [6, 6.07) is 10.2. The standard InChI is InChI=1S/C11H11N3/c12-6-5-10-1-3-11(4-2-10)14-8-7-13-9-14/h1-4,9H,5,7-8H2. The number of hydrogen-bond donors (Lipinski definition) is 0. The van der Waals surface area contributed by atoms with Crippen LogP contribution in [0.3, 0.4) is 0 Å². The van der Waals surface area contributed by atoms with Gasteiger partial charge in [0, 0.05) is 12.2 Å². The van der Waals surface area contributed by atoms with Crippen LogP contribution in [0, 0.1) is 11.3 Å². The first-order valence-electron chi connectivity index (χ1n) is 4.62. The molecule has 0 unspecified atom stereocenters. The van der Waals surface area contributed by atoms with Crippen molar-refractivity contribution in [2.24, 2.45) is 4.99 Å². The van der Waals surface area contributed by atoms with Crippen LogP contribution in [0.2, 0.25) is 0 Å². The molecule has 3 nitrogen and oxygen atoms in total. The molecular formula is C11H11N3. The fourth-order valence-electron chi connectivity index (χ4n) is 1.47. The molecule has 0 aromatic heterocycles. The molecule has 1 heterocycles. The molecule has 1 aliphatic heterocycles. The second kappa shape index (κ2) is 3.93. The third-order valence-electron chi connectivity index (χ3n) is 2.24. The van der Waals surface area contributed by atoms with Gasteiger partial charge < -0.3 is 4.90 Å². The van der Waals surface area contributed by atoms with E-state index in [2.05, 4.69) is 16.0 Å². The van der Waals surface area contributed by atoms with Gasteiger partial charge >= 0.3 is 0 Å². The smallest absolute Gasteiger partial charge is 0.0895 e. The fourth-order valence-corrected chi connectivity index (χ4v) is 1.47. The molecule has 0 bridgehead atoms. The molecule has 70 valence electrons. The quantitative estimate of drug-likeness (QED) is 0.702. The average Bonchev–Trinajstić information content (AvgIpc) is 2.72. The van der Waals surface area contributed by atoms with Gasteiger partial charge in [0.25, 0.3) is 0 Å². The van der Waals surface area contributed by atoms with Crippen LogP contribution in [-0.4, -0.2) is 19.4 Å². The Morgan fingerprint density at radius 3 is 2.71 bits per heavy atom. The lowest BCUT2D eigenvalue weighted by Crippen LogP contribution is -2.17. The van der Waals surface area contributed by atoms with E-state index in [9.17, 15) is 0 Å². The Bertz CT molecular complexity index is 373. The molecule has 0 atom stereocenters. The number of benzene rings is 1. The molecule has 0 spiro atoms. The second-order valence-electron chi connectivity index (χ2n) is 3.22. The minimum Gasteiger partial charge on any atom is -0.331 e. The van der Waals surface area contributed by atoms with Crippen molar-refractivity contribution in [2.45, 2.75) is 6.42 Å². The van der Waals surface area contributed by atoms with Gasteiger partial charge in [-0.2, -0.15) is 5.26 Å². The maximum atomic E-state index is 8.52. The Hall–Kier alpha value is -1.82. The summed E-state index contributed by atoms with van der Waals surface area (Å²) < 4.78 is 0. The number of rotatable bonds is 2. The number of anilines is 1. The Balaban J connectivity index is 2.14. The first kappa shape index (κ1) is 8.76. The predicted octanol–water partition coefficient (Wildman–Crippen LogP) is 1.60. The Morgan fingerprint density at radius 2 is 2.14 bits per heavy atom. The van der Waals surface area contributed by atoms with Crippen LogP contribution < -0.4 is 4.90 Å². The summed E-state index contributed by atoms with van der Waals surface area (Å²) in [5.41, 5.74) is 2.21. The number of nitriles is 1. The third kappa shape index (κ3) is 1.74. The van der Waals surface area contributed by atoms with Gasteiger partial charge in [-0.3, -0.25) is 4.99 Å². The summed E-state index contributed by atoms with van der Waals surface area (Å²) in [5.74, 6) is 0. The van der Waals surface area contributed by atoms with Gasteiger partial charge in [-0.1, -0.05) is 12.1 Å². The van der Waals surface area contributed by atoms with Crippen LogP contribution >= 0.6 is 0 Å². The molecule has 1 aliphatic rings. The zero-order valence-corrected chi connectivity index (χ0v) is 7.85. The van der Waals surface area contributed by atoms with Crippen molar-refractivity contribution in [2.75, 3.05) is 18.0 Å². The van der Waals surface area contributed by atoms with Crippen molar-refractivity contribution >= 4 is 12.0 Å². The lowest BCUT2D eigenvalue weighted by molar-refractivity contribution is 1.02. The van der Waals surface area contributed by atoms with Gasteiger partial charge in [0.15, 0.2) is 0 Å². The van der Waals surface area contributed by atoms with Crippen LogP contribution in [0.15, 0.2) is 29.3 Å². The van der Waals surface area contributed by atoms with Crippen molar-refractivity contribution in [3.8, 4) is 6.07 Å². The van der Waals surface area contributed by atoms with Crippen molar-refractivity contribution < 1.29 is 0 Å². The van der Waals surface area contributed by atoms with Crippen molar-refractivity contribution in [1.29, 1.82) is 5.26 Å². The van der Waals surface area contributed by atoms with Gasteiger partial charge in [-0.15, -0.1) is 0 Å². The van der Waals surface area contributed by atoms with Crippen LogP contribution in [0.4, 0.5) is 5.69 Å². The molecule has 14 heavy (non-hydrogen) atoms. The van der Waals surface area contributed by atoms with E-state index in [0.29, 0.717) is 6.42 Å². The summed E-state index contributed by atoms with van der Waals surface area (Å²) in [6.45, 7) is 1.83. The van der Waals surface area contributed by atoms with E-state index in [1.165, 1.54) is 0 Å². The van der Waals surface area contributed by atoms with Gasteiger partial charge in [-0.25, -0.2) is 0 Å². The molecule has 1 aromatic carbocycles. The van der Waals surface area contributed by atoms with Crippen molar-refractivity contribution in [3.63, 3.8) is 0 Å². The third-order valence-corrected chi connectivity index (χ3v) is 2.24. The first-order chi connectivity index (χ1) is 6.90. The molecule has 0 fully saturated rings. The zero-order valence-electron chi connectivity index (χ0n) is 7.85. The maximum absolute atomic E-state index is 8.52. The summed E-state index contributed by atoms with van der Waals surface area (Å²) in [5, 5.41) is 8.52. The Kier molecular flexibility index (Phi) is 2.46. The number of aliphatic imine (C=N–C) groups is 1. The molecule has 0 aliphatic carbocycles. The zero-order chi connectivity index (χ0) is 9.80. The topological polar surface area (TPSA) is 39.4 Å². The van der Waals surface area contributed by atoms with Gasteiger partial charge in [0.2, 0.25) is 0 Å². The van der Waals surface area contributed by atoms with Gasteiger partial charge in [-0.05, 0) is 17.7 Å². The predicted molar refractivity (Wildman–Crippen MR) is 56.5 cm³/mol. The molecule has 0 amide bonds. The molecule has 0 N–H and O–H groups in total. The minimum atomic E-state index is 0.481. The van der Waals surface area contributed by atoms with Gasteiger partial charge in [0.05, 0.1) is 25.4 Å². The Morgan fingerprint density at radius 1 is 1.36 bits per heavy atom. The highest BCUT2D eigenvalue weighted by Gasteiger charge is 2.06. The lowest BCUT2D eigenvalue weighted by Gasteiger charge is -2.13. The molecule has 1 aromatic rings. The second-order valence-corrected chi connectivity index (χ2v) is 3.22. The van der Waals surface area contributed by atoms with E-state index < -0.39 is 0 Å². The molecule has 3 heteroatoms. The summed E-state index contributed by atoms with van der Waals surface area (Å²) in [4.78, 5) is 6.26. The Labute approximate surface area is 83.3 Å². The average molecular weight is 185 g/mol. The van der Waals surface area contributed by atoms with Crippen LogP contribution in [0.5, 0.6) is 0 Å². The summed E-state index contributed by atoms with van der Waals surface area (Å²) >= 11 is 0. The van der Waals surface area contributed by atoms with Crippen LogP contribution in [0.25, 0.3) is 0 Å². The molecule has 0 saturated heterocycles. The van der Waals surface area contributed by atoms with Crippen molar-refractivity contribution in [1.82, 2.24) is 0 Å². The van der Waals surface area contributed by atoms with Crippen LogP contribution in [-0.2, 0) is 6.42 Å². The van der Waals surface area contributed by atoms with E-state index in [4.69, 9.17) is 5.26 Å². The van der Waals surface area contributed by atoms with E-state index in [0.717, 1.165) is 24.3 Å². The highest BCUT2D eigenvalue weighted by atomic mass is 15.2. The van der Waals surface area contributed by atoms with Crippen molar-refractivity contribution in [3.05, 3.63) is 29.8 Å². The van der Waals surface area contributed by atoms with E-state index in [1.54, 1.807) is 0 Å². The summed E-state index contributed by atoms with van der Waals surface area (Å²) in [7, 11) is 0. The minimum absolute atomic E-state index is 0.481. The molecule has 0 saturated carbocycles.